The number of benzene rings is 1. The van der Waals surface area contributed by atoms with Gasteiger partial charge in [0.2, 0.25) is 5.91 Å². The zero-order valence-electron chi connectivity index (χ0n) is 14.9. The quantitative estimate of drug-likeness (QED) is 0.840. The van der Waals surface area contributed by atoms with Crippen LogP contribution in [0.2, 0.25) is 0 Å². The first-order chi connectivity index (χ1) is 12.3. The van der Waals surface area contributed by atoms with Gasteiger partial charge >= 0.3 is 6.03 Å². The lowest BCUT2D eigenvalue weighted by molar-refractivity contribution is -0.119. The van der Waals surface area contributed by atoms with Crippen molar-refractivity contribution in [1.29, 1.82) is 0 Å². The van der Waals surface area contributed by atoms with E-state index in [1.165, 1.54) is 4.90 Å². The molecule has 2 fully saturated rings. The minimum atomic E-state index is -3.04. The summed E-state index contributed by atoms with van der Waals surface area (Å²) in [5.74, 6) is 0.231. The van der Waals surface area contributed by atoms with Gasteiger partial charge in [0.05, 0.1) is 11.5 Å². The summed E-state index contributed by atoms with van der Waals surface area (Å²) in [7, 11) is -1.44. The Morgan fingerprint density at radius 2 is 1.73 bits per heavy atom. The van der Waals surface area contributed by atoms with E-state index in [0.29, 0.717) is 17.8 Å². The zero-order chi connectivity index (χ0) is 18.7. The van der Waals surface area contributed by atoms with Gasteiger partial charge in [0.1, 0.15) is 0 Å². The van der Waals surface area contributed by atoms with Crippen LogP contribution in [0.1, 0.15) is 32.1 Å². The molecule has 2 N–H and O–H groups in total. The van der Waals surface area contributed by atoms with Gasteiger partial charge in [-0.05, 0) is 37.5 Å². The maximum atomic E-state index is 12.4. The van der Waals surface area contributed by atoms with Crippen molar-refractivity contribution in [1.82, 2.24) is 4.90 Å². The lowest BCUT2D eigenvalue weighted by Gasteiger charge is -2.23. The van der Waals surface area contributed by atoms with E-state index in [9.17, 15) is 18.0 Å². The van der Waals surface area contributed by atoms with E-state index in [2.05, 4.69) is 10.6 Å². The van der Waals surface area contributed by atoms with E-state index >= 15 is 0 Å². The Balaban J connectivity index is 1.59. The number of carbonyl (C=O) groups excluding carboxylic acids is 2. The highest BCUT2D eigenvalue weighted by Crippen LogP contribution is 2.26. The molecule has 1 aromatic rings. The van der Waals surface area contributed by atoms with E-state index < -0.39 is 9.84 Å². The number of sulfone groups is 1. The van der Waals surface area contributed by atoms with Gasteiger partial charge in [0, 0.05) is 30.4 Å². The SMILES string of the molecule is CN(C(=O)Nc1cccc(NC(=O)C2CCCC2)c1)[C@@H]1CCS(=O)(=O)C1. The van der Waals surface area contributed by atoms with Gasteiger partial charge in [-0.25, -0.2) is 13.2 Å². The molecular formula is C18H25N3O4S. The van der Waals surface area contributed by atoms with Gasteiger partial charge in [-0.15, -0.1) is 0 Å². The molecule has 1 aliphatic heterocycles. The first kappa shape index (κ1) is 18.7. The van der Waals surface area contributed by atoms with E-state index in [0.717, 1.165) is 25.7 Å². The van der Waals surface area contributed by atoms with Crippen molar-refractivity contribution in [3.63, 3.8) is 0 Å². The molecule has 7 nitrogen and oxygen atoms in total. The summed E-state index contributed by atoms with van der Waals surface area (Å²) >= 11 is 0. The zero-order valence-corrected chi connectivity index (χ0v) is 15.7. The van der Waals surface area contributed by atoms with Crippen molar-refractivity contribution in [2.75, 3.05) is 29.2 Å². The molecule has 3 amide bonds. The number of rotatable bonds is 4. The number of hydrogen-bond donors (Lipinski definition) is 2. The molecule has 0 unspecified atom stereocenters. The van der Waals surface area contributed by atoms with Gasteiger partial charge in [-0.1, -0.05) is 18.9 Å². The summed E-state index contributed by atoms with van der Waals surface area (Å²) in [6, 6.07) is 6.35. The van der Waals surface area contributed by atoms with Gasteiger partial charge in [0.15, 0.2) is 9.84 Å². The summed E-state index contributed by atoms with van der Waals surface area (Å²) in [6.07, 6.45) is 4.51. The number of carbonyl (C=O) groups is 2. The van der Waals surface area contributed by atoms with Crippen LogP contribution in [0, 0.1) is 5.92 Å². The van der Waals surface area contributed by atoms with Crippen molar-refractivity contribution in [2.24, 2.45) is 5.92 Å². The molecule has 0 aromatic heterocycles. The molecule has 26 heavy (non-hydrogen) atoms. The number of urea groups is 1. The highest BCUT2D eigenvalue weighted by molar-refractivity contribution is 7.91. The lowest BCUT2D eigenvalue weighted by atomic mass is 10.1. The highest BCUT2D eigenvalue weighted by atomic mass is 32.2. The number of amides is 3. The molecule has 1 atom stereocenters. The summed E-state index contributed by atoms with van der Waals surface area (Å²) in [4.78, 5) is 26.1. The fraction of sp³-hybridized carbons (Fsp3) is 0.556. The minimum absolute atomic E-state index is 0.00834. The topological polar surface area (TPSA) is 95.6 Å². The van der Waals surface area contributed by atoms with Gasteiger partial charge < -0.3 is 15.5 Å². The maximum Gasteiger partial charge on any atom is 0.321 e. The average molecular weight is 379 g/mol. The largest absolute Gasteiger partial charge is 0.326 e. The van der Waals surface area contributed by atoms with Crippen molar-refractivity contribution in [3.8, 4) is 0 Å². The predicted molar refractivity (Wildman–Crippen MR) is 101 cm³/mol. The van der Waals surface area contributed by atoms with E-state index in [1.54, 1.807) is 31.3 Å². The fourth-order valence-electron chi connectivity index (χ4n) is 3.57. The number of nitrogens with zero attached hydrogens (tertiary/aromatic N) is 1. The Labute approximate surface area is 154 Å². The molecule has 0 bridgehead atoms. The highest BCUT2D eigenvalue weighted by Gasteiger charge is 2.32. The first-order valence-electron chi connectivity index (χ1n) is 8.99. The van der Waals surface area contributed by atoms with Gasteiger partial charge in [0.25, 0.3) is 0 Å². The van der Waals surface area contributed by atoms with Crippen molar-refractivity contribution in [3.05, 3.63) is 24.3 Å². The van der Waals surface area contributed by atoms with Crippen LogP contribution < -0.4 is 10.6 Å². The molecule has 8 heteroatoms. The van der Waals surface area contributed by atoms with Crippen LogP contribution in [0.3, 0.4) is 0 Å². The van der Waals surface area contributed by atoms with Gasteiger partial charge in [-0.3, -0.25) is 4.79 Å². The van der Waals surface area contributed by atoms with E-state index in [1.807, 2.05) is 0 Å². The third kappa shape index (κ3) is 4.55. The van der Waals surface area contributed by atoms with Crippen molar-refractivity contribution >= 4 is 33.2 Å². The molecule has 1 saturated carbocycles. The normalized spacial score (nSPS) is 22.1. The predicted octanol–water partition coefficient (Wildman–Crippen LogP) is 2.47. The Kier molecular flexibility index (Phi) is 5.50. The van der Waals surface area contributed by atoms with Crippen molar-refractivity contribution < 1.29 is 18.0 Å². The van der Waals surface area contributed by atoms with Crippen LogP contribution in [-0.4, -0.2) is 49.9 Å². The molecule has 1 saturated heterocycles. The number of nitrogens with one attached hydrogen (secondary N) is 2. The summed E-state index contributed by atoms with van der Waals surface area (Å²) in [5.41, 5.74) is 1.21. The molecule has 0 spiro atoms. The van der Waals surface area contributed by atoms with Crippen LogP contribution in [0.25, 0.3) is 0 Å². The van der Waals surface area contributed by atoms with E-state index in [-0.39, 0.29) is 35.4 Å². The minimum Gasteiger partial charge on any atom is -0.326 e. The third-order valence-corrected chi connectivity index (χ3v) is 6.93. The molecule has 1 heterocycles. The van der Waals surface area contributed by atoms with Crippen LogP contribution in [0.15, 0.2) is 24.3 Å². The van der Waals surface area contributed by atoms with Crippen LogP contribution in [-0.2, 0) is 14.6 Å². The Morgan fingerprint density at radius 3 is 2.35 bits per heavy atom. The Bertz CT molecular complexity index is 787. The van der Waals surface area contributed by atoms with Crippen LogP contribution in [0.5, 0.6) is 0 Å². The first-order valence-corrected chi connectivity index (χ1v) is 10.8. The second-order valence-electron chi connectivity index (χ2n) is 7.15. The van der Waals surface area contributed by atoms with Crippen LogP contribution >= 0.6 is 0 Å². The van der Waals surface area contributed by atoms with Gasteiger partial charge in [-0.2, -0.15) is 0 Å². The molecule has 3 rings (SSSR count). The van der Waals surface area contributed by atoms with E-state index in [4.69, 9.17) is 0 Å². The molecule has 2 aliphatic rings. The monoisotopic (exact) mass is 379 g/mol. The number of anilines is 2. The molecular weight excluding hydrogens is 354 g/mol. The second-order valence-corrected chi connectivity index (χ2v) is 9.38. The molecule has 1 aromatic carbocycles. The lowest BCUT2D eigenvalue weighted by Crippen LogP contribution is -2.40. The average Bonchev–Trinajstić information content (AvgIpc) is 3.24. The Morgan fingerprint density at radius 1 is 1.08 bits per heavy atom. The number of hydrogen-bond acceptors (Lipinski definition) is 4. The summed E-state index contributed by atoms with van der Waals surface area (Å²) in [5, 5.41) is 5.68. The second kappa shape index (κ2) is 7.65. The molecule has 142 valence electrons. The smallest absolute Gasteiger partial charge is 0.321 e. The maximum absolute atomic E-state index is 12.4. The fourth-order valence-corrected chi connectivity index (χ4v) is 5.34. The Hall–Kier alpha value is -2.09. The van der Waals surface area contributed by atoms with Crippen molar-refractivity contribution in [2.45, 2.75) is 38.1 Å². The van der Waals surface area contributed by atoms with Crippen LogP contribution in [0.4, 0.5) is 16.2 Å². The summed E-state index contributed by atoms with van der Waals surface area (Å²) in [6.45, 7) is 0. The molecule has 0 radical (unpaired) electrons. The summed E-state index contributed by atoms with van der Waals surface area (Å²) < 4.78 is 23.2. The molecule has 1 aliphatic carbocycles. The standard InChI is InChI=1S/C18H25N3O4S/c1-21(16-9-10-26(24,25)12-16)18(23)20-15-8-4-7-14(11-15)19-17(22)13-5-2-3-6-13/h4,7-8,11,13,16H,2-3,5-6,9-10,12H2,1H3,(H,19,22)(H,20,23)/t16-/m1/s1. The third-order valence-electron chi connectivity index (χ3n) is 5.18.